The van der Waals surface area contributed by atoms with E-state index in [-0.39, 0.29) is 17.5 Å². The Hall–Kier alpha value is -3.36. The molecule has 1 unspecified atom stereocenters. The van der Waals surface area contributed by atoms with Gasteiger partial charge >= 0.3 is 6.03 Å². The lowest BCUT2D eigenvalue weighted by molar-refractivity contribution is 0.0654. The summed E-state index contributed by atoms with van der Waals surface area (Å²) in [5.41, 5.74) is 2.59. The molecular weight excluding hydrogens is 580 g/mol. The van der Waals surface area contributed by atoms with Crippen LogP contribution in [0.15, 0.2) is 94.7 Å². The van der Waals surface area contributed by atoms with Crippen LogP contribution in [0.4, 0.5) is 10.5 Å². The van der Waals surface area contributed by atoms with E-state index in [1.807, 2.05) is 18.2 Å². The van der Waals surface area contributed by atoms with Crippen molar-refractivity contribution in [1.29, 1.82) is 0 Å². The van der Waals surface area contributed by atoms with Crippen LogP contribution in [0.3, 0.4) is 0 Å². The van der Waals surface area contributed by atoms with Gasteiger partial charge in [-0.3, -0.25) is 0 Å². The summed E-state index contributed by atoms with van der Waals surface area (Å²) in [7, 11) is -1.79. The zero-order valence-corrected chi connectivity index (χ0v) is 27.5. The highest BCUT2D eigenvalue weighted by Crippen LogP contribution is 2.52. The Bertz CT molecular complexity index is 1520. The van der Waals surface area contributed by atoms with Crippen LogP contribution < -0.4 is 15.5 Å². The number of amides is 2. The molecule has 0 aromatic heterocycles. The second-order valence-electron chi connectivity index (χ2n) is 13.3. The number of nitrogens with zero attached hydrogens (tertiary/aromatic N) is 2. The van der Waals surface area contributed by atoms with E-state index in [4.69, 9.17) is 0 Å². The normalized spacial score (nSPS) is 22.8. The van der Waals surface area contributed by atoms with Gasteiger partial charge in [-0.2, -0.15) is 0 Å². The van der Waals surface area contributed by atoms with Gasteiger partial charge in [0.15, 0.2) is 0 Å². The molecule has 3 fully saturated rings. The Balaban J connectivity index is 1.06. The van der Waals surface area contributed by atoms with Gasteiger partial charge < -0.3 is 20.4 Å². The van der Waals surface area contributed by atoms with E-state index in [2.05, 4.69) is 57.7 Å². The molecule has 45 heavy (non-hydrogen) atoms. The highest BCUT2D eigenvalue weighted by molar-refractivity contribution is 7.91. The highest BCUT2D eigenvalue weighted by atomic mass is 32.2. The number of hydrogen-bond acceptors (Lipinski definition) is 5. The highest BCUT2D eigenvalue weighted by Gasteiger charge is 2.50. The first-order valence-electron chi connectivity index (χ1n) is 16.8. The number of carbonyl (C=O) groups excluding carboxylic acids is 1. The molecule has 6 rings (SSSR count). The average molecular weight is 629 g/mol. The monoisotopic (exact) mass is 628 g/mol. The summed E-state index contributed by atoms with van der Waals surface area (Å²) >= 11 is 0. The fourth-order valence-electron chi connectivity index (χ4n) is 8.71. The number of urea groups is 1. The van der Waals surface area contributed by atoms with Gasteiger partial charge in [-0.05, 0) is 99.0 Å². The first kappa shape index (κ1) is 31.6. The summed E-state index contributed by atoms with van der Waals surface area (Å²) in [4.78, 5) is 18.1. The molecule has 1 aliphatic carbocycles. The number of likely N-dealkylation sites (tertiary alicyclic amines) is 1. The average Bonchev–Trinajstić information content (AvgIpc) is 3.53. The molecule has 7 nitrogen and oxygen atoms in total. The van der Waals surface area contributed by atoms with Crippen molar-refractivity contribution in [3.05, 3.63) is 90.5 Å². The van der Waals surface area contributed by atoms with Crippen LogP contribution in [-0.2, 0) is 15.3 Å². The molecule has 3 atom stereocenters. The summed E-state index contributed by atoms with van der Waals surface area (Å²) in [6.45, 7) is 7.70. The largest absolute Gasteiger partial charge is 0.371 e. The van der Waals surface area contributed by atoms with E-state index in [0.29, 0.717) is 27.5 Å². The van der Waals surface area contributed by atoms with Crippen molar-refractivity contribution in [2.45, 2.75) is 66.7 Å². The molecule has 2 aliphatic heterocycles. The Kier molecular flexibility index (Phi) is 9.52. The zero-order valence-electron chi connectivity index (χ0n) is 26.7. The Morgan fingerprint density at radius 2 is 1.47 bits per heavy atom. The fourth-order valence-corrected chi connectivity index (χ4v) is 9.99. The summed E-state index contributed by atoms with van der Waals surface area (Å²) in [5, 5.41) is 6.10. The van der Waals surface area contributed by atoms with E-state index < -0.39 is 9.84 Å². The van der Waals surface area contributed by atoms with E-state index in [1.54, 1.807) is 43.4 Å². The standard InChI is InChI=1S/C37H48N4O3S/c1-3-37(29-11-6-4-7-12-29,34-15-10-16-35(34)39-36(42)38-2)30-21-23-40(24-22-30)25-28-26-41(27-28)31-17-19-33(20-18-31)45(43,44)32-13-8-5-9-14-32/h4-9,11-14,17-20,28,30,34-35H,3,10,15-16,21-27H2,1-2H3,(H2,38,39,42)/t34-,35-,37?/m0/s1. The second kappa shape index (κ2) is 13.6. The third-order valence-corrected chi connectivity index (χ3v) is 12.8. The molecule has 1 saturated carbocycles. The second-order valence-corrected chi connectivity index (χ2v) is 15.2. The molecule has 2 N–H and O–H groups in total. The molecule has 3 aliphatic rings. The van der Waals surface area contributed by atoms with Crippen LogP contribution in [-0.4, -0.2) is 65.2 Å². The minimum atomic E-state index is -3.50. The lowest BCUT2D eigenvalue weighted by atomic mass is 9.57. The van der Waals surface area contributed by atoms with Crippen molar-refractivity contribution in [3.8, 4) is 0 Å². The van der Waals surface area contributed by atoms with Gasteiger partial charge in [0, 0.05) is 49.7 Å². The topological polar surface area (TPSA) is 81.8 Å². The van der Waals surface area contributed by atoms with Gasteiger partial charge in [-0.1, -0.05) is 61.9 Å². The van der Waals surface area contributed by atoms with Crippen LogP contribution in [0.25, 0.3) is 0 Å². The van der Waals surface area contributed by atoms with Gasteiger partial charge in [0.1, 0.15) is 0 Å². The van der Waals surface area contributed by atoms with Gasteiger partial charge in [0.2, 0.25) is 9.84 Å². The van der Waals surface area contributed by atoms with Gasteiger partial charge in [-0.15, -0.1) is 0 Å². The van der Waals surface area contributed by atoms with Crippen molar-refractivity contribution in [1.82, 2.24) is 15.5 Å². The number of rotatable bonds is 10. The Labute approximate surface area is 269 Å². The Morgan fingerprint density at radius 1 is 0.844 bits per heavy atom. The lowest BCUT2D eigenvalue weighted by Crippen LogP contribution is -2.55. The third-order valence-electron chi connectivity index (χ3n) is 11.0. The molecule has 0 bridgehead atoms. The maximum absolute atomic E-state index is 13.0. The smallest absolute Gasteiger partial charge is 0.314 e. The fraction of sp³-hybridized carbons (Fsp3) is 0.486. The molecule has 240 valence electrons. The first-order valence-corrected chi connectivity index (χ1v) is 18.2. The molecule has 8 heteroatoms. The molecule has 3 aromatic carbocycles. The predicted molar refractivity (Wildman–Crippen MR) is 180 cm³/mol. The van der Waals surface area contributed by atoms with E-state index in [0.717, 1.165) is 64.1 Å². The van der Waals surface area contributed by atoms with Crippen LogP contribution in [0.5, 0.6) is 0 Å². The van der Waals surface area contributed by atoms with Crippen LogP contribution in [0, 0.1) is 17.8 Å². The molecule has 0 radical (unpaired) electrons. The van der Waals surface area contributed by atoms with Crippen LogP contribution >= 0.6 is 0 Å². The van der Waals surface area contributed by atoms with Crippen molar-refractivity contribution in [2.24, 2.45) is 17.8 Å². The van der Waals surface area contributed by atoms with Gasteiger partial charge in [0.05, 0.1) is 9.79 Å². The number of nitrogens with one attached hydrogen (secondary N) is 2. The van der Waals surface area contributed by atoms with Crippen molar-refractivity contribution in [2.75, 3.05) is 44.7 Å². The Morgan fingerprint density at radius 3 is 2.09 bits per heavy atom. The van der Waals surface area contributed by atoms with E-state index >= 15 is 0 Å². The molecular formula is C37H48N4O3S. The quantitative estimate of drug-likeness (QED) is 0.283. The maximum Gasteiger partial charge on any atom is 0.314 e. The first-order chi connectivity index (χ1) is 21.8. The van der Waals surface area contributed by atoms with Crippen LogP contribution in [0.1, 0.15) is 51.0 Å². The molecule has 2 heterocycles. The number of anilines is 1. The van der Waals surface area contributed by atoms with Crippen LogP contribution in [0.2, 0.25) is 0 Å². The zero-order chi connectivity index (χ0) is 31.4. The van der Waals surface area contributed by atoms with Crippen molar-refractivity contribution in [3.63, 3.8) is 0 Å². The molecule has 3 aromatic rings. The summed E-state index contributed by atoms with van der Waals surface area (Å²) in [6, 6.07) is 27.3. The van der Waals surface area contributed by atoms with Crippen molar-refractivity contribution < 1.29 is 13.2 Å². The minimum Gasteiger partial charge on any atom is -0.371 e. The van der Waals surface area contributed by atoms with Gasteiger partial charge in [-0.25, -0.2) is 13.2 Å². The number of sulfone groups is 1. The molecule has 0 spiro atoms. The number of benzene rings is 3. The SMILES string of the molecule is CCC(c1ccccc1)(C1CCN(CC2CN(c3ccc(S(=O)(=O)c4ccccc4)cc3)C2)CC1)[C@H]1CCC[C@@H]1NC(=O)NC. The van der Waals surface area contributed by atoms with Gasteiger partial charge in [0.25, 0.3) is 0 Å². The third kappa shape index (κ3) is 6.36. The summed E-state index contributed by atoms with van der Waals surface area (Å²) < 4.78 is 25.9. The molecule has 2 amide bonds. The van der Waals surface area contributed by atoms with E-state index in [9.17, 15) is 13.2 Å². The number of piperidine rings is 1. The number of carbonyl (C=O) groups is 1. The summed E-state index contributed by atoms with van der Waals surface area (Å²) in [6.07, 6.45) is 6.82. The minimum absolute atomic E-state index is 0.0585. The maximum atomic E-state index is 13.0. The number of hydrogen-bond donors (Lipinski definition) is 2. The van der Waals surface area contributed by atoms with E-state index in [1.165, 1.54) is 18.4 Å². The lowest BCUT2D eigenvalue weighted by Gasteiger charge is -2.51. The predicted octanol–water partition coefficient (Wildman–Crippen LogP) is 6.11. The van der Waals surface area contributed by atoms with Crippen molar-refractivity contribution >= 4 is 21.6 Å². The summed E-state index contributed by atoms with van der Waals surface area (Å²) in [5.74, 6) is 1.64. The molecule has 2 saturated heterocycles.